The molecule has 0 saturated carbocycles. The number of ether oxygens (including phenoxy) is 2. The summed E-state index contributed by atoms with van der Waals surface area (Å²) < 4.78 is 16.8. The molecule has 198 valence electrons. The maximum atomic E-state index is 13.7. The number of hydrogen-bond acceptors (Lipinski definition) is 7. The van der Waals surface area contributed by atoms with Gasteiger partial charge in [0.2, 0.25) is 5.55 Å². The zero-order chi connectivity index (χ0) is 27.5. The number of fused-ring (bicyclic) bond motifs is 1. The van der Waals surface area contributed by atoms with Crippen LogP contribution in [0.5, 0.6) is 11.5 Å². The number of nitrogens with one attached hydrogen (secondary N) is 1. The molecule has 7 nitrogen and oxygen atoms in total. The van der Waals surface area contributed by atoms with Gasteiger partial charge in [0.05, 0.1) is 25.6 Å². The minimum atomic E-state index is -0.367. The van der Waals surface area contributed by atoms with Crippen LogP contribution < -0.4 is 20.3 Å². The molecule has 5 aromatic rings. The number of benzene rings is 3. The van der Waals surface area contributed by atoms with Gasteiger partial charge in [0.1, 0.15) is 22.6 Å². The number of carbonyl (C=O) groups is 1. The van der Waals surface area contributed by atoms with Crippen LogP contribution in [0.25, 0.3) is 22.2 Å². The number of anilines is 1. The fourth-order valence-corrected chi connectivity index (χ4v) is 5.12. The number of aromatic nitrogens is 1. The van der Waals surface area contributed by atoms with E-state index < -0.39 is 0 Å². The maximum Gasteiger partial charge on any atom is 0.262 e. The van der Waals surface area contributed by atoms with Crippen molar-refractivity contribution in [3.63, 3.8) is 0 Å². The molecule has 1 N–H and O–H groups in total. The van der Waals surface area contributed by atoms with Crippen molar-refractivity contribution in [2.75, 3.05) is 19.5 Å². The highest BCUT2D eigenvalue weighted by molar-refractivity contribution is 7.16. The van der Waals surface area contributed by atoms with Crippen molar-refractivity contribution in [1.29, 1.82) is 0 Å². The molecule has 1 amide bonds. The summed E-state index contributed by atoms with van der Waals surface area (Å²) >= 11 is 1.47. The third-order valence-corrected chi connectivity index (χ3v) is 7.62. The van der Waals surface area contributed by atoms with E-state index in [9.17, 15) is 4.79 Å². The van der Waals surface area contributed by atoms with Crippen molar-refractivity contribution in [2.24, 2.45) is 4.99 Å². The lowest BCUT2D eigenvalue weighted by Crippen LogP contribution is -2.21. The molecule has 0 aliphatic rings. The summed E-state index contributed by atoms with van der Waals surface area (Å²) in [4.78, 5) is 24.2. The predicted octanol–water partition coefficient (Wildman–Crippen LogP) is 7.24. The molecular formula is C31H29N3O4S. The molecule has 0 aliphatic carbocycles. The molecule has 0 atom stereocenters. The van der Waals surface area contributed by atoms with Crippen LogP contribution >= 0.6 is 11.3 Å². The van der Waals surface area contributed by atoms with E-state index in [4.69, 9.17) is 18.9 Å². The lowest BCUT2D eigenvalue weighted by atomic mass is 10.0. The van der Waals surface area contributed by atoms with E-state index in [0.717, 1.165) is 22.6 Å². The Morgan fingerprint density at radius 2 is 1.77 bits per heavy atom. The standard InChI is InChI=1S/C31H29N3O4S/c1-6-27-28(20-11-10-18(2)19(3)14-20)33-31(39-27)34-29(35)25-16-21-15-24(37-5)12-13-26(21)38-30(25)32-22-8-7-9-23(17-22)36-4/h7-17H,6H2,1-5H3,(H,33,34,35). The zero-order valence-corrected chi connectivity index (χ0v) is 23.3. The summed E-state index contributed by atoms with van der Waals surface area (Å²) in [6.07, 6.45) is 0.803. The third-order valence-electron chi connectivity index (χ3n) is 6.50. The molecule has 3 aromatic carbocycles. The van der Waals surface area contributed by atoms with Gasteiger partial charge in [-0.2, -0.15) is 0 Å². The first-order valence-corrected chi connectivity index (χ1v) is 13.4. The first-order valence-electron chi connectivity index (χ1n) is 12.6. The lowest BCUT2D eigenvalue weighted by molar-refractivity contribution is 0.102. The van der Waals surface area contributed by atoms with E-state index in [1.54, 1.807) is 38.5 Å². The average Bonchev–Trinajstić information content (AvgIpc) is 3.36. The minimum Gasteiger partial charge on any atom is -0.497 e. The van der Waals surface area contributed by atoms with E-state index in [1.807, 2.05) is 24.3 Å². The highest BCUT2D eigenvalue weighted by Gasteiger charge is 2.18. The Bertz CT molecular complexity index is 1750. The first kappa shape index (κ1) is 26.2. The van der Waals surface area contributed by atoms with Gasteiger partial charge in [0, 0.05) is 21.9 Å². The molecular weight excluding hydrogens is 510 g/mol. The zero-order valence-electron chi connectivity index (χ0n) is 22.5. The highest BCUT2D eigenvalue weighted by Crippen LogP contribution is 2.33. The van der Waals surface area contributed by atoms with Crippen LogP contribution in [-0.2, 0) is 6.42 Å². The summed E-state index contributed by atoms with van der Waals surface area (Å²) in [5.41, 5.74) is 5.98. The fraction of sp³-hybridized carbons (Fsp3) is 0.194. The second-order valence-corrected chi connectivity index (χ2v) is 10.2. The van der Waals surface area contributed by atoms with Crippen molar-refractivity contribution in [3.05, 3.63) is 93.9 Å². The van der Waals surface area contributed by atoms with Crippen molar-refractivity contribution in [3.8, 4) is 22.8 Å². The van der Waals surface area contributed by atoms with Gasteiger partial charge in [0.15, 0.2) is 5.13 Å². The summed E-state index contributed by atoms with van der Waals surface area (Å²) in [5, 5.41) is 4.22. The molecule has 0 unspecified atom stereocenters. The molecule has 0 spiro atoms. The topological polar surface area (TPSA) is 86.0 Å². The van der Waals surface area contributed by atoms with Crippen molar-refractivity contribution >= 4 is 39.0 Å². The average molecular weight is 540 g/mol. The quantitative estimate of drug-likeness (QED) is 0.236. The number of carbonyl (C=O) groups excluding carboxylic acids is 1. The Balaban J connectivity index is 1.58. The van der Waals surface area contributed by atoms with Crippen LogP contribution in [0, 0.1) is 13.8 Å². The maximum absolute atomic E-state index is 13.7. The van der Waals surface area contributed by atoms with Gasteiger partial charge >= 0.3 is 0 Å². The number of methoxy groups -OCH3 is 2. The first-order chi connectivity index (χ1) is 18.9. The SMILES string of the molecule is CCc1sc(NC(=O)c2cc3cc(OC)ccc3oc2=Nc2cccc(OC)c2)nc1-c1ccc(C)c(C)c1. The largest absolute Gasteiger partial charge is 0.497 e. The van der Waals surface area contributed by atoms with Crippen molar-refractivity contribution in [2.45, 2.75) is 27.2 Å². The number of rotatable bonds is 7. The monoisotopic (exact) mass is 539 g/mol. The Morgan fingerprint density at radius 3 is 2.51 bits per heavy atom. The number of hydrogen-bond donors (Lipinski definition) is 1. The number of aryl methyl sites for hydroxylation is 3. The molecule has 0 bridgehead atoms. The van der Waals surface area contributed by atoms with Crippen LogP contribution in [0.4, 0.5) is 10.8 Å². The number of amides is 1. The molecule has 0 saturated heterocycles. The summed E-state index contributed by atoms with van der Waals surface area (Å²) in [7, 11) is 3.19. The van der Waals surface area contributed by atoms with Crippen molar-refractivity contribution in [1.82, 2.24) is 4.98 Å². The van der Waals surface area contributed by atoms with Gasteiger partial charge in [-0.1, -0.05) is 25.1 Å². The highest BCUT2D eigenvalue weighted by atomic mass is 32.1. The number of thiazole rings is 1. The summed E-state index contributed by atoms with van der Waals surface area (Å²) in [5.74, 6) is 0.946. The molecule has 8 heteroatoms. The smallest absolute Gasteiger partial charge is 0.262 e. The second kappa shape index (κ2) is 11.1. The summed E-state index contributed by atoms with van der Waals surface area (Å²) in [6, 6.07) is 20.7. The lowest BCUT2D eigenvalue weighted by Gasteiger charge is -2.07. The van der Waals surface area contributed by atoms with Crippen LogP contribution in [0.1, 0.15) is 33.3 Å². The Kier molecular flexibility index (Phi) is 7.47. The normalized spacial score (nSPS) is 11.6. The van der Waals surface area contributed by atoms with Crippen molar-refractivity contribution < 1.29 is 18.7 Å². The van der Waals surface area contributed by atoms with Crippen LogP contribution in [0.2, 0.25) is 0 Å². The van der Waals surface area contributed by atoms with Gasteiger partial charge in [0.25, 0.3) is 5.91 Å². The predicted molar refractivity (Wildman–Crippen MR) is 155 cm³/mol. The van der Waals surface area contributed by atoms with E-state index in [2.05, 4.69) is 49.3 Å². The Labute approximate surface area is 230 Å². The van der Waals surface area contributed by atoms with Gasteiger partial charge in [-0.05, 0) is 73.9 Å². The molecule has 0 fully saturated rings. The van der Waals surface area contributed by atoms with Gasteiger partial charge < -0.3 is 13.9 Å². The molecule has 2 heterocycles. The molecule has 39 heavy (non-hydrogen) atoms. The van der Waals surface area contributed by atoms with E-state index in [1.165, 1.54) is 22.5 Å². The van der Waals surface area contributed by atoms with Gasteiger partial charge in [-0.15, -0.1) is 11.3 Å². The van der Waals surface area contributed by atoms with Gasteiger partial charge in [-0.25, -0.2) is 9.98 Å². The fourth-order valence-electron chi connectivity index (χ4n) is 4.20. The molecule has 2 aromatic heterocycles. The van der Waals surface area contributed by atoms with Crippen LogP contribution in [0.3, 0.4) is 0 Å². The van der Waals surface area contributed by atoms with E-state index in [0.29, 0.717) is 33.3 Å². The van der Waals surface area contributed by atoms with Gasteiger partial charge in [-0.3, -0.25) is 10.1 Å². The summed E-state index contributed by atoms with van der Waals surface area (Å²) in [6.45, 7) is 6.26. The third kappa shape index (κ3) is 5.56. The Hall–Kier alpha value is -4.43. The molecule has 5 rings (SSSR count). The van der Waals surface area contributed by atoms with E-state index in [-0.39, 0.29) is 17.0 Å². The van der Waals surface area contributed by atoms with E-state index >= 15 is 0 Å². The molecule has 0 aliphatic heterocycles. The minimum absolute atomic E-state index is 0.181. The van der Waals surface area contributed by atoms with Crippen LogP contribution in [0.15, 0.2) is 76.1 Å². The number of nitrogens with zero attached hydrogens (tertiary/aromatic N) is 2. The second-order valence-electron chi connectivity index (χ2n) is 9.08. The van der Waals surface area contributed by atoms with Crippen LogP contribution in [-0.4, -0.2) is 25.1 Å². The Morgan fingerprint density at radius 1 is 0.974 bits per heavy atom. The molecule has 0 radical (unpaired) electrons.